The van der Waals surface area contributed by atoms with E-state index in [9.17, 15) is 9.90 Å². The molecule has 0 unspecified atom stereocenters. The Hall–Kier alpha value is -1.87. The standard InChI is InChI=1S/C18H21NO2/c1-2-10-18(21)12-19(13-18)17(20)11-15-8-5-7-14-6-3-4-9-16(14)15/h3-9,21H,2,10-13H2,1H3. The van der Waals surface area contributed by atoms with E-state index in [0.717, 1.165) is 29.2 Å². The lowest BCUT2D eigenvalue weighted by Gasteiger charge is -2.46. The van der Waals surface area contributed by atoms with Crippen molar-refractivity contribution in [2.45, 2.75) is 31.8 Å². The highest BCUT2D eigenvalue weighted by molar-refractivity contribution is 5.90. The summed E-state index contributed by atoms with van der Waals surface area (Å²) in [5.41, 5.74) is 0.410. The molecular weight excluding hydrogens is 262 g/mol. The van der Waals surface area contributed by atoms with Crippen LogP contribution in [0.1, 0.15) is 25.3 Å². The van der Waals surface area contributed by atoms with E-state index in [1.54, 1.807) is 4.90 Å². The molecule has 2 aromatic rings. The fourth-order valence-corrected chi connectivity index (χ4v) is 3.19. The summed E-state index contributed by atoms with van der Waals surface area (Å²) in [6.45, 7) is 3.01. The zero-order valence-corrected chi connectivity index (χ0v) is 12.4. The van der Waals surface area contributed by atoms with Crippen LogP contribution in [-0.2, 0) is 11.2 Å². The number of carbonyl (C=O) groups excluding carboxylic acids is 1. The molecule has 110 valence electrons. The molecular formula is C18H21NO2. The lowest BCUT2D eigenvalue weighted by molar-refractivity contribution is -0.155. The highest BCUT2D eigenvalue weighted by Gasteiger charge is 2.42. The number of fused-ring (bicyclic) bond motifs is 1. The van der Waals surface area contributed by atoms with Gasteiger partial charge in [-0.25, -0.2) is 0 Å². The molecule has 3 nitrogen and oxygen atoms in total. The quantitative estimate of drug-likeness (QED) is 0.937. The van der Waals surface area contributed by atoms with Crippen molar-refractivity contribution >= 4 is 16.7 Å². The van der Waals surface area contributed by atoms with Crippen LogP contribution in [0.4, 0.5) is 0 Å². The molecule has 1 aliphatic heterocycles. The first kappa shape index (κ1) is 14.1. The van der Waals surface area contributed by atoms with Crippen LogP contribution in [0, 0.1) is 0 Å². The summed E-state index contributed by atoms with van der Waals surface area (Å²) in [4.78, 5) is 14.1. The first-order chi connectivity index (χ1) is 10.1. The molecule has 1 heterocycles. The van der Waals surface area contributed by atoms with Gasteiger partial charge in [-0.1, -0.05) is 55.8 Å². The lowest BCUT2D eigenvalue weighted by atomic mass is 9.88. The van der Waals surface area contributed by atoms with Crippen LogP contribution in [0.2, 0.25) is 0 Å². The van der Waals surface area contributed by atoms with Crippen molar-refractivity contribution in [3.05, 3.63) is 48.0 Å². The van der Waals surface area contributed by atoms with Gasteiger partial charge >= 0.3 is 0 Å². The van der Waals surface area contributed by atoms with Crippen LogP contribution < -0.4 is 0 Å². The summed E-state index contributed by atoms with van der Waals surface area (Å²) in [5.74, 6) is 0.104. The third-order valence-corrected chi connectivity index (χ3v) is 4.26. The molecule has 1 fully saturated rings. The second-order valence-electron chi connectivity index (χ2n) is 6.04. The predicted octanol–water partition coefficient (Wildman–Crippen LogP) is 2.76. The summed E-state index contributed by atoms with van der Waals surface area (Å²) in [7, 11) is 0. The Kier molecular flexibility index (Phi) is 3.68. The first-order valence-electron chi connectivity index (χ1n) is 7.58. The maximum atomic E-state index is 12.3. The summed E-state index contributed by atoms with van der Waals surface area (Å²) in [6.07, 6.45) is 2.12. The van der Waals surface area contributed by atoms with E-state index in [4.69, 9.17) is 0 Å². The Morgan fingerprint density at radius 3 is 2.67 bits per heavy atom. The van der Waals surface area contributed by atoms with Crippen molar-refractivity contribution < 1.29 is 9.90 Å². The highest BCUT2D eigenvalue weighted by Crippen LogP contribution is 2.27. The topological polar surface area (TPSA) is 40.5 Å². The summed E-state index contributed by atoms with van der Waals surface area (Å²) in [6, 6.07) is 14.2. The lowest BCUT2D eigenvalue weighted by Crippen LogP contribution is -2.63. The predicted molar refractivity (Wildman–Crippen MR) is 84.1 cm³/mol. The van der Waals surface area contributed by atoms with Crippen LogP contribution >= 0.6 is 0 Å². The molecule has 0 aromatic heterocycles. The second-order valence-corrected chi connectivity index (χ2v) is 6.04. The van der Waals surface area contributed by atoms with E-state index < -0.39 is 5.60 Å². The SMILES string of the molecule is CCCC1(O)CN(C(=O)Cc2cccc3ccccc23)C1. The van der Waals surface area contributed by atoms with Crippen molar-refractivity contribution in [3.8, 4) is 0 Å². The van der Waals surface area contributed by atoms with Crippen LogP contribution in [0.5, 0.6) is 0 Å². The Labute approximate surface area is 125 Å². The number of rotatable bonds is 4. The molecule has 0 bridgehead atoms. The minimum absolute atomic E-state index is 0.104. The number of likely N-dealkylation sites (tertiary alicyclic amines) is 1. The molecule has 0 atom stereocenters. The molecule has 3 rings (SSSR count). The zero-order valence-electron chi connectivity index (χ0n) is 12.4. The summed E-state index contributed by atoms with van der Waals surface area (Å²) >= 11 is 0. The van der Waals surface area contributed by atoms with E-state index >= 15 is 0 Å². The van der Waals surface area contributed by atoms with Crippen LogP contribution in [0.25, 0.3) is 10.8 Å². The molecule has 1 N–H and O–H groups in total. The average molecular weight is 283 g/mol. The van der Waals surface area contributed by atoms with Gasteiger partial charge < -0.3 is 10.0 Å². The number of benzene rings is 2. The summed E-state index contributed by atoms with van der Waals surface area (Å²) in [5, 5.41) is 12.5. The number of amides is 1. The van der Waals surface area contributed by atoms with Gasteiger partial charge in [0.05, 0.1) is 25.1 Å². The Bertz CT molecular complexity index is 654. The third kappa shape index (κ3) is 2.79. The molecule has 1 saturated heterocycles. The number of nitrogens with zero attached hydrogens (tertiary/aromatic N) is 1. The van der Waals surface area contributed by atoms with Gasteiger partial charge in [0.25, 0.3) is 0 Å². The maximum absolute atomic E-state index is 12.3. The molecule has 2 aromatic carbocycles. The molecule has 0 spiro atoms. The van der Waals surface area contributed by atoms with E-state index in [-0.39, 0.29) is 5.91 Å². The van der Waals surface area contributed by atoms with E-state index in [0.29, 0.717) is 19.5 Å². The van der Waals surface area contributed by atoms with Gasteiger partial charge in [0.2, 0.25) is 5.91 Å². The molecule has 0 saturated carbocycles. The van der Waals surface area contributed by atoms with Gasteiger partial charge in [0, 0.05) is 0 Å². The van der Waals surface area contributed by atoms with Gasteiger partial charge in [-0.3, -0.25) is 4.79 Å². The number of aliphatic hydroxyl groups is 1. The normalized spacial score (nSPS) is 16.8. The number of hydrogen-bond donors (Lipinski definition) is 1. The minimum atomic E-state index is -0.650. The number of β-amino-alcohol motifs (C(OH)–C–C–N with tert-alkyl or cyclic N) is 1. The zero-order chi connectivity index (χ0) is 14.9. The van der Waals surface area contributed by atoms with Crippen LogP contribution in [-0.4, -0.2) is 34.6 Å². The maximum Gasteiger partial charge on any atom is 0.227 e. The van der Waals surface area contributed by atoms with Crippen molar-refractivity contribution in [2.24, 2.45) is 0 Å². The molecule has 1 aliphatic rings. The van der Waals surface area contributed by atoms with Gasteiger partial charge in [-0.05, 0) is 22.8 Å². The monoisotopic (exact) mass is 283 g/mol. The van der Waals surface area contributed by atoms with Gasteiger partial charge in [0.1, 0.15) is 0 Å². The fraction of sp³-hybridized carbons (Fsp3) is 0.389. The Morgan fingerprint density at radius 2 is 1.90 bits per heavy atom. The van der Waals surface area contributed by atoms with Gasteiger partial charge in [-0.15, -0.1) is 0 Å². The van der Waals surface area contributed by atoms with Gasteiger partial charge in [0.15, 0.2) is 0 Å². The molecule has 0 aliphatic carbocycles. The van der Waals surface area contributed by atoms with E-state index in [1.165, 1.54) is 0 Å². The van der Waals surface area contributed by atoms with Crippen molar-refractivity contribution in [3.63, 3.8) is 0 Å². The first-order valence-corrected chi connectivity index (χ1v) is 7.58. The molecule has 21 heavy (non-hydrogen) atoms. The van der Waals surface area contributed by atoms with Crippen LogP contribution in [0.3, 0.4) is 0 Å². The van der Waals surface area contributed by atoms with Crippen LogP contribution in [0.15, 0.2) is 42.5 Å². The van der Waals surface area contributed by atoms with E-state index in [1.807, 2.05) is 24.3 Å². The Balaban J connectivity index is 1.71. The summed E-state index contributed by atoms with van der Waals surface area (Å²) < 4.78 is 0. The van der Waals surface area contributed by atoms with E-state index in [2.05, 4.69) is 25.1 Å². The Morgan fingerprint density at radius 1 is 1.19 bits per heavy atom. The number of hydrogen-bond acceptors (Lipinski definition) is 2. The van der Waals surface area contributed by atoms with Crippen molar-refractivity contribution in [2.75, 3.05) is 13.1 Å². The number of carbonyl (C=O) groups is 1. The largest absolute Gasteiger partial charge is 0.386 e. The fourth-order valence-electron chi connectivity index (χ4n) is 3.19. The molecule has 1 amide bonds. The molecule has 3 heteroatoms. The minimum Gasteiger partial charge on any atom is -0.386 e. The smallest absolute Gasteiger partial charge is 0.227 e. The third-order valence-electron chi connectivity index (χ3n) is 4.26. The van der Waals surface area contributed by atoms with Crippen molar-refractivity contribution in [1.82, 2.24) is 4.90 Å². The van der Waals surface area contributed by atoms with Crippen molar-refractivity contribution in [1.29, 1.82) is 0 Å². The molecule has 0 radical (unpaired) electrons. The van der Waals surface area contributed by atoms with Gasteiger partial charge in [-0.2, -0.15) is 0 Å². The average Bonchev–Trinajstić information content (AvgIpc) is 2.45. The second kappa shape index (κ2) is 5.49. The highest BCUT2D eigenvalue weighted by atomic mass is 16.3.